The summed E-state index contributed by atoms with van der Waals surface area (Å²) < 4.78 is 5.12. The first kappa shape index (κ1) is 14.0. The molecule has 5 nitrogen and oxygen atoms in total. The Morgan fingerprint density at radius 1 is 1.00 bits per heavy atom. The van der Waals surface area contributed by atoms with Crippen molar-refractivity contribution in [2.24, 2.45) is 0 Å². The van der Waals surface area contributed by atoms with Gasteiger partial charge in [-0.25, -0.2) is 4.90 Å². The van der Waals surface area contributed by atoms with Crippen molar-refractivity contribution in [2.75, 3.05) is 4.90 Å². The summed E-state index contributed by atoms with van der Waals surface area (Å²) in [6.45, 7) is 1.69. The minimum Gasteiger partial charge on any atom is -0.426 e. The van der Waals surface area contributed by atoms with Crippen molar-refractivity contribution in [3.05, 3.63) is 59.7 Å². The average molecular weight is 295 g/mol. The van der Waals surface area contributed by atoms with Crippen molar-refractivity contribution >= 4 is 23.5 Å². The normalized spacial score (nSPS) is 13.2. The Kier molecular flexibility index (Phi) is 3.47. The zero-order valence-corrected chi connectivity index (χ0v) is 11.9. The van der Waals surface area contributed by atoms with Gasteiger partial charge in [0.15, 0.2) is 0 Å². The van der Waals surface area contributed by atoms with Crippen LogP contribution in [0.1, 0.15) is 34.1 Å². The van der Waals surface area contributed by atoms with Gasteiger partial charge in [-0.15, -0.1) is 0 Å². The summed E-state index contributed by atoms with van der Waals surface area (Å²) in [5, 5.41) is 0. The van der Waals surface area contributed by atoms with Crippen LogP contribution in [0.4, 0.5) is 5.69 Å². The molecule has 0 aromatic heterocycles. The molecule has 0 saturated carbocycles. The number of esters is 1. The van der Waals surface area contributed by atoms with Crippen LogP contribution in [-0.4, -0.2) is 17.8 Å². The molecule has 5 heteroatoms. The number of imide groups is 1. The fraction of sp³-hybridized carbons (Fsp3) is 0.118. The molecule has 2 aromatic carbocycles. The molecule has 0 atom stereocenters. The molecule has 110 valence electrons. The number of amides is 2. The topological polar surface area (TPSA) is 63.7 Å². The highest BCUT2D eigenvalue weighted by Gasteiger charge is 2.36. The molecule has 1 heterocycles. The van der Waals surface area contributed by atoms with Crippen molar-refractivity contribution in [2.45, 2.75) is 13.3 Å². The third-order valence-corrected chi connectivity index (χ3v) is 3.39. The Hall–Kier alpha value is -2.95. The van der Waals surface area contributed by atoms with E-state index in [2.05, 4.69) is 0 Å². The maximum Gasteiger partial charge on any atom is 0.310 e. The lowest BCUT2D eigenvalue weighted by atomic mass is 10.1. The van der Waals surface area contributed by atoms with E-state index in [-0.39, 0.29) is 24.2 Å². The van der Waals surface area contributed by atoms with E-state index in [1.807, 2.05) is 0 Å². The van der Waals surface area contributed by atoms with Gasteiger partial charge < -0.3 is 4.74 Å². The summed E-state index contributed by atoms with van der Waals surface area (Å²) in [7, 11) is 0. The maximum absolute atomic E-state index is 12.4. The summed E-state index contributed by atoms with van der Waals surface area (Å²) in [5.41, 5.74) is 1.14. The van der Waals surface area contributed by atoms with Gasteiger partial charge in [0.25, 0.3) is 11.8 Å². The van der Waals surface area contributed by atoms with E-state index in [9.17, 15) is 14.4 Å². The molecule has 0 fully saturated rings. The number of nitrogens with zero attached hydrogens (tertiary/aromatic N) is 1. The van der Waals surface area contributed by atoms with Crippen LogP contribution < -0.4 is 9.64 Å². The maximum atomic E-state index is 12.4. The predicted octanol–water partition coefficient (Wildman–Crippen LogP) is 2.80. The van der Waals surface area contributed by atoms with E-state index in [0.717, 1.165) is 4.90 Å². The zero-order chi connectivity index (χ0) is 15.7. The summed E-state index contributed by atoms with van der Waals surface area (Å²) in [6, 6.07) is 13.1. The van der Waals surface area contributed by atoms with Gasteiger partial charge in [0.1, 0.15) is 5.75 Å². The first-order valence-electron chi connectivity index (χ1n) is 6.90. The Morgan fingerprint density at radius 2 is 1.64 bits per heavy atom. The van der Waals surface area contributed by atoms with Crippen molar-refractivity contribution in [1.29, 1.82) is 0 Å². The molecule has 22 heavy (non-hydrogen) atoms. The lowest BCUT2D eigenvalue weighted by molar-refractivity contribution is -0.134. The SMILES string of the molecule is CCC(=O)Oc1cccc(N2C(=O)c3ccccc3C2=O)c1. The summed E-state index contributed by atoms with van der Waals surface area (Å²) >= 11 is 0. The van der Waals surface area contributed by atoms with Gasteiger partial charge in [0.05, 0.1) is 16.8 Å². The Balaban J connectivity index is 1.96. The Morgan fingerprint density at radius 3 is 2.23 bits per heavy atom. The second-order valence-electron chi connectivity index (χ2n) is 4.82. The lowest BCUT2D eigenvalue weighted by Gasteiger charge is -2.14. The highest BCUT2D eigenvalue weighted by molar-refractivity contribution is 6.34. The van der Waals surface area contributed by atoms with Crippen molar-refractivity contribution in [3.63, 3.8) is 0 Å². The molecule has 3 rings (SSSR count). The number of carbonyl (C=O) groups is 3. The minimum atomic E-state index is -0.375. The standard InChI is InChI=1S/C17H13NO4/c1-2-15(19)22-12-7-5-6-11(10-12)18-16(20)13-8-3-4-9-14(13)17(18)21/h3-10H,2H2,1H3. The molecule has 0 N–H and O–H groups in total. The third-order valence-electron chi connectivity index (χ3n) is 3.39. The molecule has 0 bridgehead atoms. The van der Waals surface area contributed by atoms with E-state index in [4.69, 9.17) is 4.74 Å². The number of fused-ring (bicyclic) bond motifs is 1. The highest BCUT2D eigenvalue weighted by Crippen LogP contribution is 2.30. The molecule has 0 radical (unpaired) electrons. The number of rotatable bonds is 3. The zero-order valence-electron chi connectivity index (χ0n) is 11.9. The fourth-order valence-electron chi connectivity index (χ4n) is 2.31. The molecule has 0 saturated heterocycles. The van der Waals surface area contributed by atoms with Crippen LogP contribution in [0.5, 0.6) is 5.75 Å². The van der Waals surface area contributed by atoms with Gasteiger partial charge in [-0.3, -0.25) is 14.4 Å². The molecule has 0 spiro atoms. The molecule has 0 unspecified atom stereocenters. The van der Waals surface area contributed by atoms with Crippen molar-refractivity contribution in [3.8, 4) is 5.75 Å². The lowest BCUT2D eigenvalue weighted by Crippen LogP contribution is -2.29. The van der Waals surface area contributed by atoms with Crippen LogP contribution in [0.15, 0.2) is 48.5 Å². The first-order valence-corrected chi connectivity index (χ1v) is 6.90. The molecular weight excluding hydrogens is 282 g/mol. The van der Waals surface area contributed by atoms with Crippen molar-refractivity contribution in [1.82, 2.24) is 0 Å². The van der Waals surface area contributed by atoms with E-state index in [0.29, 0.717) is 22.6 Å². The summed E-state index contributed by atoms with van der Waals surface area (Å²) in [4.78, 5) is 37.2. The van der Waals surface area contributed by atoms with Crippen LogP contribution in [0, 0.1) is 0 Å². The number of benzene rings is 2. The number of carbonyl (C=O) groups excluding carboxylic acids is 3. The smallest absolute Gasteiger partial charge is 0.310 e. The van der Waals surface area contributed by atoms with Crippen LogP contribution in [0.3, 0.4) is 0 Å². The molecule has 1 aliphatic heterocycles. The predicted molar refractivity (Wildman–Crippen MR) is 80.0 cm³/mol. The van der Waals surface area contributed by atoms with E-state index >= 15 is 0 Å². The molecule has 2 amide bonds. The molecule has 0 aliphatic carbocycles. The van der Waals surface area contributed by atoms with Crippen molar-refractivity contribution < 1.29 is 19.1 Å². The van der Waals surface area contributed by atoms with Gasteiger partial charge in [-0.2, -0.15) is 0 Å². The second kappa shape index (κ2) is 5.44. The second-order valence-corrected chi connectivity index (χ2v) is 4.82. The third kappa shape index (κ3) is 2.26. The summed E-state index contributed by atoms with van der Waals surface area (Å²) in [6.07, 6.45) is 0.247. The largest absolute Gasteiger partial charge is 0.426 e. The first-order chi connectivity index (χ1) is 10.6. The van der Waals surface area contributed by atoms with Crippen LogP contribution >= 0.6 is 0 Å². The minimum absolute atomic E-state index is 0.247. The van der Waals surface area contributed by atoms with Gasteiger partial charge >= 0.3 is 5.97 Å². The fourth-order valence-corrected chi connectivity index (χ4v) is 2.31. The monoisotopic (exact) mass is 295 g/mol. The van der Waals surface area contributed by atoms with E-state index in [1.54, 1.807) is 49.4 Å². The molecule has 1 aliphatic rings. The average Bonchev–Trinajstić information content (AvgIpc) is 2.79. The van der Waals surface area contributed by atoms with Gasteiger partial charge in [-0.05, 0) is 24.3 Å². The quantitative estimate of drug-likeness (QED) is 0.496. The van der Waals surface area contributed by atoms with Gasteiger partial charge in [0, 0.05) is 12.5 Å². The number of hydrogen-bond acceptors (Lipinski definition) is 4. The molecular formula is C17H13NO4. The van der Waals surface area contributed by atoms with Gasteiger partial charge in [0.2, 0.25) is 0 Å². The molecule has 2 aromatic rings. The summed E-state index contributed by atoms with van der Waals surface area (Å²) in [5.74, 6) is -0.820. The number of ether oxygens (including phenoxy) is 1. The Bertz CT molecular complexity index is 747. The highest BCUT2D eigenvalue weighted by atomic mass is 16.5. The Labute approximate surface area is 127 Å². The van der Waals surface area contributed by atoms with E-state index in [1.165, 1.54) is 6.07 Å². The number of anilines is 1. The van der Waals surface area contributed by atoms with Crippen LogP contribution in [0.2, 0.25) is 0 Å². The van der Waals surface area contributed by atoms with Crippen LogP contribution in [0.25, 0.3) is 0 Å². The van der Waals surface area contributed by atoms with Crippen LogP contribution in [-0.2, 0) is 4.79 Å². The van der Waals surface area contributed by atoms with Gasteiger partial charge in [-0.1, -0.05) is 25.1 Å². The van der Waals surface area contributed by atoms with E-state index < -0.39 is 0 Å². The number of hydrogen-bond donors (Lipinski definition) is 0.